The molecule has 0 atom stereocenters. The fourth-order valence-electron chi connectivity index (χ4n) is 2.86. The predicted molar refractivity (Wildman–Crippen MR) is 100 cm³/mol. The summed E-state index contributed by atoms with van der Waals surface area (Å²) in [6, 6.07) is 11.1. The molecular formula is C18H17IN4O2. The molecule has 7 heteroatoms. The number of carbonyl (C=O) groups is 1. The number of amides is 1. The van der Waals surface area contributed by atoms with Crippen molar-refractivity contribution in [2.24, 2.45) is 0 Å². The molecular weight excluding hydrogens is 431 g/mol. The maximum Gasteiger partial charge on any atom is 0.272 e. The molecule has 1 saturated carbocycles. The first kappa shape index (κ1) is 17.6. The summed E-state index contributed by atoms with van der Waals surface area (Å²) in [5, 5.41) is 19.5. The van der Waals surface area contributed by atoms with E-state index in [1.165, 1.54) is 0 Å². The molecule has 1 amide bonds. The summed E-state index contributed by atoms with van der Waals surface area (Å²) < 4.78 is 6.92. The molecule has 1 aliphatic rings. The number of hydrogen-bond acceptors (Lipinski definition) is 5. The summed E-state index contributed by atoms with van der Waals surface area (Å²) in [5.41, 5.74) is 0.997. The van der Waals surface area contributed by atoms with Crippen LogP contribution in [0.1, 0.15) is 41.7 Å². The van der Waals surface area contributed by atoms with Crippen LogP contribution < -0.4 is 10.1 Å². The summed E-state index contributed by atoms with van der Waals surface area (Å²) in [6.07, 6.45) is 5.16. The van der Waals surface area contributed by atoms with E-state index in [9.17, 15) is 4.79 Å². The lowest BCUT2D eigenvalue weighted by atomic mass is 9.93. The monoisotopic (exact) mass is 448 g/mol. The van der Waals surface area contributed by atoms with Crippen LogP contribution in [-0.2, 0) is 0 Å². The summed E-state index contributed by atoms with van der Waals surface area (Å²) in [7, 11) is 0. The lowest BCUT2D eigenvalue weighted by molar-refractivity contribution is 0.0888. The van der Waals surface area contributed by atoms with Gasteiger partial charge in [0.1, 0.15) is 11.8 Å². The zero-order valence-electron chi connectivity index (χ0n) is 13.5. The van der Waals surface area contributed by atoms with Gasteiger partial charge in [-0.2, -0.15) is 10.4 Å². The maximum absolute atomic E-state index is 12.1. The molecule has 0 bridgehead atoms. The van der Waals surface area contributed by atoms with E-state index in [1.54, 1.807) is 24.4 Å². The Morgan fingerprint density at radius 3 is 2.72 bits per heavy atom. The van der Waals surface area contributed by atoms with Gasteiger partial charge in [-0.25, -0.2) is 0 Å². The van der Waals surface area contributed by atoms with E-state index >= 15 is 0 Å². The molecule has 1 fully saturated rings. The van der Waals surface area contributed by atoms with Gasteiger partial charge in [0.2, 0.25) is 0 Å². The van der Waals surface area contributed by atoms with E-state index in [4.69, 9.17) is 10.00 Å². The van der Waals surface area contributed by atoms with E-state index in [0.717, 1.165) is 35.0 Å². The van der Waals surface area contributed by atoms with E-state index < -0.39 is 0 Å². The van der Waals surface area contributed by atoms with Gasteiger partial charge in [-0.15, -0.1) is 5.10 Å². The number of aromatic nitrogens is 2. The Morgan fingerprint density at radius 1 is 1.28 bits per heavy atom. The van der Waals surface area contributed by atoms with Crippen molar-refractivity contribution in [2.75, 3.05) is 0 Å². The van der Waals surface area contributed by atoms with Crippen LogP contribution in [-0.4, -0.2) is 28.3 Å². The average Bonchev–Trinajstić information content (AvgIpc) is 2.64. The van der Waals surface area contributed by atoms with Gasteiger partial charge in [-0.05, 0) is 78.6 Å². The largest absolute Gasteiger partial charge is 0.490 e. The highest BCUT2D eigenvalue weighted by Gasteiger charge is 2.24. The van der Waals surface area contributed by atoms with Crippen molar-refractivity contribution in [3.05, 3.63) is 51.4 Å². The zero-order chi connectivity index (χ0) is 17.6. The fourth-order valence-corrected chi connectivity index (χ4v) is 3.47. The first-order valence-electron chi connectivity index (χ1n) is 8.10. The SMILES string of the molecule is N#Cc1ccc(O[C@H]2CC[C@H](NC(=O)c3cccnn3)CC2)cc1I. The van der Waals surface area contributed by atoms with Crippen LogP contribution in [0.15, 0.2) is 36.5 Å². The van der Waals surface area contributed by atoms with E-state index in [0.29, 0.717) is 11.3 Å². The Hall–Kier alpha value is -2.21. The highest BCUT2D eigenvalue weighted by atomic mass is 127. The van der Waals surface area contributed by atoms with Crippen molar-refractivity contribution < 1.29 is 9.53 Å². The Labute approximate surface area is 159 Å². The molecule has 128 valence electrons. The van der Waals surface area contributed by atoms with Crippen LogP contribution in [0.25, 0.3) is 0 Å². The van der Waals surface area contributed by atoms with Gasteiger partial charge in [-0.1, -0.05) is 0 Å². The van der Waals surface area contributed by atoms with Gasteiger partial charge in [0.25, 0.3) is 5.91 Å². The number of ether oxygens (including phenoxy) is 1. The van der Waals surface area contributed by atoms with Gasteiger partial charge in [0.05, 0.1) is 11.7 Å². The molecule has 25 heavy (non-hydrogen) atoms. The third kappa shape index (κ3) is 4.66. The molecule has 1 heterocycles. The standard InChI is InChI=1S/C18H17IN4O2/c19-16-10-15(6-3-12(16)11-20)25-14-7-4-13(5-8-14)22-18(24)17-2-1-9-21-23-17/h1-3,6,9-10,13-14H,4-5,7-8H2,(H,22,24)/t13-,14-. The number of carbonyl (C=O) groups excluding carboxylic acids is 1. The Kier molecular flexibility index (Phi) is 5.81. The molecule has 1 aromatic heterocycles. The number of nitrogens with one attached hydrogen (secondary N) is 1. The van der Waals surface area contributed by atoms with Crippen LogP contribution in [0.4, 0.5) is 0 Å². The third-order valence-corrected chi connectivity index (χ3v) is 5.07. The normalized spacial score (nSPS) is 19.7. The van der Waals surface area contributed by atoms with Crippen LogP contribution >= 0.6 is 22.6 Å². The molecule has 0 saturated heterocycles. The van der Waals surface area contributed by atoms with Crippen LogP contribution in [0.3, 0.4) is 0 Å². The molecule has 3 rings (SSSR count). The minimum atomic E-state index is -0.181. The highest BCUT2D eigenvalue weighted by molar-refractivity contribution is 14.1. The number of rotatable bonds is 4. The van der Waals surface area contributed by atoms with Gasteiger partial charge in [-0.3, -0.25) is 4.79 Å². The van der Waals surface area contributed by atoms with E-state index in [-0.39, 0.29) is 18.1 Å². The lowest BCUT2D eigenvalue weighted by Crippen LogP contribution is -2.40. The first-order valence-corrected chi connectivity index (χ1v) is 9.18. The zero-order valence-corrected chi connectivity index (χ0v) is 15.6. The van der Waals surface area contributed by atoms with Crippen LogP contribution in [0.2, 0.25) is 0 Å². The topological polar surface area (TPSA) is 87.9 Å². The summed E-state index contributed by atoms with van der Waals surface area (Å²) in [6.45, 7) is 0. The summed E-state index contributed by atoms with van der Waals surface area (Å²) in [4.78, 5) is 12.1. The Morgan fingerprint density at radius 2 is 2.08 bits per heavy atom. The smallest absolute Gasteiger partial charge is 0.272 e. The van der Waals surface area contributed by atoms with Crippen molar-refractivity contribution in [1.82, 2.24) is 15.5 Å². The Bertz CT molecular complexity index is 783. The number of nitriles is 1. The van der Waals surface area contributed by atoms with Crippen LogP contribution in [0, 0.1) is 14.9 Å². The molecule has 0 spiro atoms. The van der Waals surface area contributed by atoms with Crippen molar-refractivity contribution in [2.45, 2.75) is 37.8 Å². The summed E-state index contributed by atoms with van der Waals surface area (Å²) >= 11 is 2.14. The van der Waals surface area contributed by atoms with E-state index in [2.05, 4.69) is 44.2 Å². The maximum atomic E-state index is 12.1. The second-order valence-electron chi connectivity index (χ2n) is 5.93. The molecule has 1 aromatic carbocycles. The van der Waals surface area contributed by atoms with Gasteiger partial charge < -0.3 is 10.1 Å². The minimum absolute atomic E-state index is 0.133. The van der Waals surface area contributed by atoms with Crippen molar-refractivity contribution in [1.29, 1.82) is 5.26 Å². The number of hydrogen-bond donors (Lipinski definition) is 1. The molecule has 6 nitrogen and oxygen atoms in total. The second kappa shape index (κ2) is 8.25. The van der Waals surface area contributed by atoms with Crippen molar-refractivity contribution in [3.8, 4) is 11.8 Å². The molecule has 1 N–H and O–H groups in total. The average molecular weight is 448 g/mol. The fraction of sp³-hybridized carbons (Fsp3) is 0.333. The van der Waals surface area contributed by atoms with Crippen molar-refractivity contribution in [3.63, 3.8) is 0 Å². The molecule has 0 radical (unpaired) electrons. The second-order valence-corrected chi connectivity index (χ2v) is 7.09. The van der Waals surface area contributed by atoms with E-state index in [1.807, 2.05) is 12.1 Å². The quantitative estimate of drug-likeness (QED) is 0.727. The molecule has 1 aliphatic carbocycles. The lowest BCUT2D eigenvalue weighted by Gasteiger charge is -2.29. The van der Waals surface area contributed by atoms with Gasteiger partial charge >= 0.3 is 0 Å². The molecule has 2 aromatic rings. The predicted octanol–water partition coefficient (Wildman–Crippen LogP) is 3.07. The van der Waals surface area contributed by atoms with Gasteiger partial charge in [0.15, 0.2) is 5.69 Å². The first-order chi connectivity index (χ1) is 12.2. The van der Waals surface area contributed by atoms with Crippen LogP contribution in [0.5, 0.6) is 5.75 Å². The minimum Gasteiger partial charge on any atom is -0.490 e. The molecule has 0 unspecified atom stereocenters. The number of halogens is 1. The summed E-state index contributed by atoms with van der Waals surface area (Å²) in [5.74, 6) is 0.606. The van der Waals surface area contributed by atoms with Gasteiger partial charge in [0, 0.05) is 15.8 Å². The highest BCUT2D eigenvalue weighted by Crippen LogP contribution is 2.26. The van der Waals surface area contributed by atoms with Crippen molar-refractivity contribution >= 4 is 28.5 Å². The number of nitrogens with zero attached hydrogens (tertiary/aromatic N) is 3. The third-order valence-electron chi connectivity index (χ3n) is 4.18. The Balaban J connectivity index is 1.50. The number of benzene rings is 1. The molecule has 0 aliphatic heterocycles.